The van der Waals surface area contributed by atoms with Gasteiger partial charge in [-0.25, -0.2) is 4.39 Å². The van der Waals surface area contributed by atoms with Crippen molar-refractivity contribution in [3.63, 3.8) is 0 Å². The van der Waals surface area contributed by atoms with Crippen molar-refractivity contribution in [2.45, 2.75) is 33.4 Å². The lowest BCUT2D eigenvalue weighted by Gasteiger charge is -2.08. The predicted molar refractivity (Wildman–Crippen MR) is 82.1 cm³/mol. The Hall–Kier alpha value is -1.20. The number of rotatable bonds is 6. The molecule has 5 heteroatoms. The van der Waals surface area contributed by atoms with Gasteiger partial charge in [-0.3, -0.25) is 4.68 Å². The Morgan fingerprint density at radius 2 is 2.00 bits per heavy atom. The maximum atomic E-state index is 12.8. The molecule has 1 aromatic carbocycles. The van der Waals surface area contributed by atoms with E-state index >= 15 is 0 Å². The van der Waals surface area contributed by atoms with Crippen molar-refractivity contribution >= 4 is 15.9 Å². The summed E-state index contributed by atoms with van der Waals surface area (Å²) in [6.07, 6.45) is 0.886. The van der Waals surface area contributed by atoms with Gasteiger partial charge in [0.15, 0.2) is 0 Å². The van der Waals surface area contributed by atoms with Crippen LogP contribution in [0.4, 0.5) is 4.39 Å². The number of hydrogen-bond acceptors (Lipinski definition) is 2. The van der Waals surface area contributed by atoms with Crippen LogP contribution in [0.3, 0.4) is 0 Å². The zero-order valence-electron chi connectivity index (χ0n) is 11.8. The summed E-state index contributed by atoms with van der Waals surface area (Å²) in [5, 5.41) is 7.87. The van der Waals surface area contributed by atoms with E-state index in [1.54, 1.807) is 0 Å². The fraction of sp³-hybridized carbons (Fsp3) is 0.400. The van der Waals surface area contributed by atoms with Gasteiger partial charge in [-0.05, 0) is 60.4 Å². The van der Waals surface area contributed by atoms with Gasteiger partial charge in [0, 0.05) is 13.1 Å². The third-order valence-corrected chi connectivity index (χ3v) is 4.28. The summed E-state index contributed by atoms with van der Waals surface area (Å²) < 4.78 is 15.9. The second-order valence-electron chi connectivity index (χ2n) is 4.72. The van der Waals surface area contributed by atoms with Crippen molar-refractivity contribution in [2.75, 3.05) is 6.54 Å². The Morgan fingerprint density at radius 1 is 1.30 bits per heavy atom. The Morgan fingerprint density at radius 3 is 2.65 bits per heavy atom. The highest BCUT2D eigenvalue weighted by atomic mass is 79.9. The quantitative estimate of drug-likeness (QED) is 0.817. The molecule has 1 N–H and O–H groups in total. The molecule has 0 fully saturated rings. The van der Waals surface area contributed by atoms with Gasteiger partial charge in [0.2, 0.25) is 0 Å². The van der Waals surface area contributed by atoms with Crippen LogP contribution in [0, 0.1) is 12.7 Å². The first kappa shape index (κ1) is 15.2. The first-order chi connectivity index (χ1) is 9.61. The molecule has 0 aliphatic rings. The molecule has 0 amide bonds. The van der Waals surface area contributed by atoms with Crippen LogP contribution in [0.1, 0.15) is 23.9 Å². The maximum absolute atomic E-state index is 12.8. The SMILES string of the molecule is CCn1nc(C)c(Br)c1CNCCc1ccc(F)cc1. The number of aromatic nitrogens is 2. The molecule has 0 saturated carbocycles. The summed E-state index contributed by atoms with van der Waals surface area (Å²) in [4.78, 5) is 0. The summed E-state index contributed by atoms with van der Waals surface area (Å²) in [6.45, 7) is 6.57. The highest BCUT2D eigenvalue weighted by Crippen LogP contribution is 2.20. The standard InChI is InChI=1S/C15H19BrFN3/c1-3-20-14(15(16)11(2)19-20)10-18-9-8-12-4-6-13(17)7-5-12/h4-7,18H,3,8-10H2,1-2H3. The number of aryl methyl sites for hydroxylation is 2. The van der Waals surface area contributed by atoms with Crippen LogP contribution in [0.15, 0.2) is 28.7 Å². The van der Waals surface area contributed by atoms with Gasteiger partial charge in [0.1, 0.15) is 5.82 Å². The first-order valence-corrected chi connectivity index (χ1v) is 7.58. The van der Waals surface area contributed by atoms with Crippen LogP contribution in [-0.2, 0) is 19.5 Å². The van der Waals surface area contributed by atoms with Crippen LogP contribution in [0.25, 0.3) is 0 Å². The Balaban J connectivity index is 1.85. The molecule has 1 aromatic heterocycles. The summed E-state index contributed by atoms with van der Waals surface area (Å²) in [6, 6.07) is 6.66. The molecule has 0 saturated heterocycles. The average Bonchev–Trinajstić information content (AvgIpc) is 2.72. The topological polar surface area (TPSA) is 29.9 Å². The minimum Gasteiger partial charge on any atom is -0.311 e. The third-order valence-electron chi connectivity index (χ3n) is 3.25. The molecule has 3 nitrogen and oxygen atoms in total. The van der Waals surface area contributed by atoms with E-state index in [0.717, 1.165) is 41.8 Å². The van der Waals surface area contributed by atoms with E-state index in [2.05, 4.69) is 33.3 Å². The van der Waals surface area contributed by atoms with Gasteiger partial charge in [-0.15, -0.1) is 0 Å². The van der Waals surface area contributed by atoms with E-state index in [0.29, 0.717) is 0 Å². The number of nitrogens with zero attached hydrogens (tertiary/aromatic N) is 2. The predicted octanol–water partition coefficient (Wildman–Crippen LogP) is 3.45. The lowest BCUT2D eigenvalue weighted by molar-refractivity contribution is 0.578. The molecule has 0 aliphatic heterocycles. The van der Waals surface area contributed by atoms with E-state index in [9.17, 15) is 4.39 Å². The smallest absolute Gasteiger partial charge is 0.123 e. The summed E-state index contributed by atoms with van der Waals surface area (Å²) in [5.41, 5.74) is 3.32. The van der Waals surface area contributed by atoms with Crippen LogP contribution in [0.2, 0.25) is 0 Å². The molecule has 2 rings (SSSR count). The van der Waals surface area contributed by atoms with Gasteiger partial charge in [0.05, 0.1) is 15.9 Å². The van der Waals surface area contributed by atoms with Gasteiger partial charge in [-0.1, -0.05) is 12.1 Å². The molecule has 0 spiro atoms. The van der Waals surface area contributed by atoms with Crippen molar-refractivity contribution in [1.29, 1.82) is 0 Å². The fourth-order valence-electron chi connectivity index (χ4n) is 2.13. The monoisotopic (exact) mass is 339 g/mol. The lowest BCUT2D eigenvalue weighted by Crippen LogP contribution is -2.19. The minimum atomic E-state index is -0.187. The van der Waals surface area contributed by atoms with Gasteiger partial charge < -0.3 is 5.32 Å². The van der Waals surface area contributed by atoms with Crippen molar-refractivity contribution in [3.8, 4) is 0 Å². The molecule has 0 radical (unpaired) electrons. The van der Waals surface area contributed by atoms with Crippen molar-refractivity contribution in [3.05, 3.63) is 51.5 Å². The van der Waals surface area contributed by atoms with Gasteiger partial charge in [-0.2, -0.15) is 5.10 Å². The second-order valence-corrected chi connectivity index (χ2v) is 5.51. The van der Waals surface area contributed by atoms with Crippen molar-refractivity contribution < 1.29 is 4.39 Å². The summed E-state index contributed by atoms with van der Waals surface area (Å²) >= 11 is 3.58. The Kier molecular flexibility index (Phi) is 5.31. The molecular weight excluding hydrogens is 321 g/mol. The molecule has 2 aromatic rings. The number of hydrogen-bond donors (Lipinski definition) is 1. The van der Waals surface area contributed by atoms with E-state index in [1.807, 2.05) is 23.7 Å². The minimum absolute atomic E-state index is 0.187. The van der Waals surface area contributed by atoms with Crippen LogP contribution >= 0.6 is 15.9 Å². The fourth-order valence-corrected chi connectivity index (χ4v) is 2.55. The van der Waals surface area contributed by atoms with Gasteiger partial charge >= 0.3 is 0 Å². The van der Waals surface area contributed by atoms with E-state index in [-0.39, 0.29) is 5.82 Å². The zero-order chi connectivity index (χ0) is 14.5. The molecule has 20 heavy (non-hydrogen) atoms. The van der Waals surface area contributed by atoms with E-state index < -0.39 is 0 Å². The normalized spacial score (nSPS) is 11.0. The molecule has 1 heterocycles. The molecule has 0 bridgehead atoms. The number of nitrogens with one attached hydrogen (secondary N) is 1. The third kappa shape index (κ3) is 3.67. The molecule has 108 valence electrons. The highest BCUT2D eigenvalue weighted by Gasteiger charge is 2.11. The largest absolute Gasteiger partial charge is 0.311 e. The van der Waals surface area contributed by atoms with Crippen LogP contribution < -0.4 is 5.32 Å². The first-order valence-electron chi connectivity index (χ1n) is 6.78. The number of halogens is 2. The highest BCUT2D eigenvalue weighted by molar-refractivity contribution is 9.10. The van der Waals surface area contributed by atoms with E-state index in [1.165, 1.54) is 17.8 Å². The maximum Gasteiger partial charge on any atom is 0.123 e. The van der Waals surface area contributed by atoms with Gasteiger partial charge in [0.25, 0.3) is 0 Å². The number of benzene rings is 1. The van der Waals surface area contributed by atoms with E-state index in [4.69, 9.17) is 0 Å². The van der Waals surface area contributed by atoms with Crippen molar-refractivity contribution in [2.24, 2.45) is 0 Å². The Labute approximate surface area is 127 Å². The second kappa shape index (κ2) is 6.99. The van der Waals surface area contributed by atoms with Crippen LogP contribution in [-0.4, -0.2) is 16.3 Å². The Bertz CT molecular complexity index is 563. The molecule has 0 atom stereocenters. The van der Waals surface area contributed by atoms with Crippen molar-refractivity contribution in [1.82, 2.24) is 15.1 Å². The molecule has 0 aliphatic carbocycles. The lowest BCUT2D eigenvalue weighted by atomic mass is 10.1. The zero-order valence-corrected chi connectivity index (χ0v) is 13.4. The molecule has 0 unspecified atom stereocenters. The molecular formula is C15H19BrFN3. The average molecular weight is 340 g/mol. The summed E-state index contributed by atoms with van der Waals surface area (Å²) in [7, 11) is 0. The summed E-state index contributed by atoms with van der Waals surface area (Å²) in [5.74, 6) is -0.187. The van der Waals surface area contributed by atoms with Crippen LogP contribution in [0.5, 0.6) is 0 Å².